The maximum Gasteiger partial charge on any atom is 0.337 e. The molecule has 0 spiro atoms. The molecule has 0 fully saturated rings. The molecule has 138 valence electrons. The Morgan fingerprint density at radius 3 is 2.27 bits per heavy atom. The van der Waals surface area contributed by atoms with Gasteiger partial charge in [0.2, 0.25) is 0 Å². The monoisotopic (exact) mass is 489 g/mol. The van der Waals surface area contributed by atoms with Gasteiger partial charge >= 0.3 is 6.03 Å². The van der Waals surface area contributed by atoms with Crippen molar-refractivity contribution >= 4 is 49.5 Å². The first-order valence-electron chi connectivity index (χ1n) is 7.16. The van der Waals surface area contributed by atoms with Crippen LogP contribution in [0.25, 0.3) is 0 Å². The smallest absolute Gasteiger partial charge is 0.337 e. The molecule has 26 heavy (non-hydrogen) atoms. The highest BCUT2D eigenvalue weighted by Crippen LogP contribution is 2.34. The number of urea groups is 1. The summed E-state index contributed by atoms with van der Waals surface area (Å²) in [5.41, 5.74) is 4.90. The SMILES string of the molecule is COc1ccc(NC(=O)NNC(=O)COc2c(Br)cc(F)cc2Br)cc1. The summed E-state index contributed by atoms with van der Waals surface area (Å²) in [6.07, 6.45) is 0. The molecular weight excluding hydrogens is 477 g/mol. The predicted molar refractivity (Wildman–Crippen MR) is 101 cm³/mol. The van der Waals surface area contributed by atoms with E-state index in [1.54, 1.807) is 24.3 Å². The molecule has 0 bridgehead atoms. The molecule has 2 rings (SSSR count). The lowest BCUT2D eigenvalue weighted by Gasteiger charge is -2.12. The van der Waals surface area contributed by atoms with Crippen LogP contribution in [0.15, 0.2) is 45.3 Å². The zero-order chi connectivity index (χ0) is 19.1. The average molecular weight is 491 g/mol. The third-order valence-corrected chi connectivity index (χ3v) is 4.15. The Kier molecular flexibility index (Phi) is 7.22. The standard InChI is InChI=1S/C16H14Br2FN3O4/c1-25-11-4-2-10(3-5-11)20-16(24)22-21-14(23)8-26-15-12(17)6-9(19)7-13(15)18/h2-7H,8H2,1H3,(H,21,23)(H2,20,22,24). The minimum atomic E-state index is -0.632. The van der Waals surface area contributed by atoms with E-state index in [4.69, 9.17) is 9.47 Å². The van der Waals surface area contributed by atoms with E-state index in [1.807, 2.05) is 0 Å². The van der Waals surface area contributed by atoms with Gasteiger partial charge in [-0.25, -0.2) is 14.6 Å². The maximum absolute atomic E-state index is 13.2. The summed E-state index contributed by atoms with van der Waals surface area (Å²) in [7, 11) is 1.54. The number of carbonyl (C=O) groups excluding carboxylic acids is 2. The zero-order valence-electron chi connectivity index (χ0n) is 13.4. The van der Waals surface area contributed by atoms with E-state index in [0.29, 0.717) is 20.4 Å². The minimum absolute atomic E-state index is 0.268. The molecule has 0 radical (unpaired) electrons. The molecule has 0 aliphatic rings. The number of ether oxygens (including phenoxy) is 2. The largest absolute Gasteiger partial charge is 0.497 e. The zero-order valence-corrected chi connectivity index (χ0v) is 16.6. The minimum Gasteiger partial charge on any atom is -0.497 e. The molecule has 0 atom stereocenters. The molecule has 10 heteroatoms. The third kappa shape index (κ3) is 5.88. The van der Waals surface area contributed by atoms with Crippen molar-refractivity contribution in [1.82, 2.24) is 10.9 Å². The Balaban J connectivity index is 1.78. The van der Waals surface area contributed by atoms with E-state index in [9.17, 15) is 14.0 Å². The predicted octanol–water partition coefficient (Wildman–Crippen LogP) is 3.59. The van der Waals surface area contributed by atoms with Crippen molar-refractivity contribution in [2.24, 2.45) is 0 Å². The molecule has 0 unspecified atom stereocenters. The molecule has 3 N–H and O–H groups in total. The normalized spacial score (nSPS) is 10.0. The second-order valence-corrected chi connectivity index (χ2v) is 6.55. The average Bonchev–Trinajstić information content (AvgIpc) is 2.59. The molecule has 0 heterocycles. The van der Waals surface area contributed by atoms with E-state index in [-0.39, 0.29) is 12.4 Å². The van der Waals surface area contributed by atoms with Gasteiger partial charge in [-0.05, 0) is 68.3 Å². The summed E-state index contributed by atoms with van der Waals surface area (Å²) in [6.45, 7) is -0.383. The van der Waals surface area contributed by atoms with E-state index in [2.05, 4.69) is 48.0 Å². The van der Waals surface area contributed by atoms with Gasteiger partial charge in [-0.3, -0.25) is 10.2 Å². The van der Waals surface area contributed by atoms with Gasteiger partial charge in [0, 0.05) is 5.69 Å². The fourth-order valence-corrected chi connectivity index (χ4v) is 3.16. The maximum atomic E-state index is 13.2. The number of hydrazine groups is 1. The van der Waals surface area contributed by atoms with Crippen molar-refractivity contribution in [3.63, 3.8) is 0 Å². The molecule has 2 aromatic carbocycles. The Morgan fingerprint density at radius 2 is 1.69 bits per heavy atom. The van der Waals surface area contributed by atoms with Crippen molar-refractivity contribution in [3.05, 3.63) is 51.2 Å². The Hall–Kier alpha value is -2.33. The number of benzene rings is 2. The van der Waals surface area contributed by atoms with Crippen LogP contribution in [0, 0.1) is 5.82 Å². The van der Waals surface area contributed by atoms with Crippen LogP contribution in [-0.4, -0.2) is 25.7 Å². The number of hydrogen-bond donors (Lipinski definition) is 3. The van der Waals surface area contributed by atoms with E-state index < -0.39 is 17.8 Å². The summed E-state index contributed by atoms with van der Waals surface area (Å²) < 4.78 is 24.2. The number of anilines is 1. The van der Waals surface area contributed by atoms with Crippen LogP contribution in [-0.2, 0) is 4.79 Å². The summed E-state index contributed by atoms with van der Waals surface area (Å²) in [6, 6.07) is 8.44. The van der Waals surface area contributed by atoms with Crippen LogP contribution < -0.4 is 25.6 Å². The molecule has 7 nitrogen and oxygen atoms in total. The van der Waals surface area contributed by atoms with Crippen LogP contribution in [0.5, 0.6) is 11.5 Å². The Labute approximate surface area is 165 Å². The summed E-state index contributed by atoms with van der Waals surface area (Å²) in [5, 5.41) is 2.53. The topological polar surface area (TPSA) is 88.7 Å². The highest BCUT2D eigenvalue weighted by atomic mass is 79.9. The number of methoxy groups -OCH3 is 1. The van der Waals surface area contributed by atoms with E-state index >= 15 is 0 Å². The van der Waals surface area contributed by atoms with Gasteiger partial charge < -0.3 is 14.8 Å². The number of amides is 3. The Morgan fingerprint density at radius 1 is 1.08 bits per heavy atom. The molecule has 0 aliphatic carbocycles. The van der Waals surface area contributed by atoms with Gasteiger partial charge in [-0.1, -0.05) is 0 Å². The van der Waals surface area contributed by atoms with Crippen molar-refractivity contribution in [3.8, 4) is 11.5 Å². The highest BCUT2D eigenvalue weighted by molar-refractivity contribution is 9.11. The molecule has 2 aromatic rings. The second kappa shape index (κ2) is 9.39. The van der Waals surface area contributed by atoms with Gasteiger partial charge in [0.15, 0.2) is 6.61 Å². The fraction of sp³-hybridized carbons (Fsp3) is 0.125. The van der Waals surface area contributed by atoms with Crippen LogP contribution >= 0.6 is 31.9 Å². The molecule has 3 amide bonds. The van der Waals surface area contributed by atoms with Gasteiger partial charge in [-0.15, -0.1) is 0 Å². The summed E-state index contributed by atoms with van der Waals surface area (Å²) >= 11 is 6.28. The van der Waals surface area contributed by atoms with E-state index in [1.165, 1.54) is 19.2 Å². The van der Waals surface area contributed by atoms with Crippen LogP contribution in [0.3, 0.4) is 0 Å². The number of halogens is 3. The fourth-order valence-electron chi connectivity index (χ4n) is 1.80. The van der Waals surface area contributed by atoms with Gasteiger partial charge in [0.1, 0.15) is 17.3 Å². The Bertz CT molecular complexity index is 780. The van der Waals surface area contributed by atoms with Crippen molar-refractivity contribution in [2.75, 3.05) is 19.0 Å². The number of nitrogens with one attached hydrogen (secondary N) is 3. The van der Waals surface area contributed by atoms with Crippen molar-refractivity contribution in [2.45, 2.75) is 0 Å². The quantitative estimate of drug-likeness (QED) is 0.559. The van der Waals surface area contributed by atoms with Gasteiger partial charge in [0.05, 0.1) is 16.1 Å². The first-order valence-corrected chi connectivity index (χ1v) is 8.75. The first-order chi connectivity index (χ1) is 12.4. The van der Waals surface area contributed by atoms with Crippen LogP contribution in [0.1, 0.15) is 0 Å². The summed E-state index contributed by atoms with van der Waals surface area (Å²) in [5.74, 6) is -0.140. The molecular formula is C16H14Br2FN3O4. The molecule has 0 saturated heterocycles. The van der Waals surface area contributed by atoms with Crippen LogP contribution in [0.2, 0.25) is 0 Å². The van der Waals surface area contributed by atoms with Gasteiger partial charge in [0.25, 0.3) is 5.91 Å². The van der Waals surface area contributed by atoms with Gasteiger partial charge in [-0.2, -0.15) is 0 Å². The third-order valence-electron chi connectivity index (χ3n) is 2.97. The second-order valence-electron chi connectivity index (χ2n) is 4.84. The molecule has 0 aliphatic heterocycles. The van der Waals surface area contributed by atoms with Crippen molar-refractivity contribution in [1.29, 1.82) is 0 Å². The highest BCUT2D eigenvalue weighted by Gasteiger charge is 2.12. The lowest BCUT2D eigenvalue weighted by Crippen LogP contribution is -2.45. The first kappa shape index (κ1) is 20.0. The number of hydrogen-bond acceptors (Lipinski definition) is 4. The summed E-state index contributed by atoms with van der Waals surface area (Å²) in [4.78, 5) is 23.5. The lowest BCUT2D eigenvalue weighted by atomic mass is 10.3. The van der Waals surface area contributed by atoms with Crippen LogP contribution in [0.4, 0.5) is 14.9 Å². The molecule has 0 aromatic heterocycles. The van der Waals surface area contributed by atoms with E-state index in [0.717, 1.165) is 0 Å². The molecule has 0 saturated carbocycles. The number of carbonyl (C=O) groups is 2. The lowest BCUT2D eigenvalue weighted by molar-refractivity contribution is -0.123. The number of rotatable bonds is 5. The van der Waals surface area contributed by atoms with Crippen molar-refractivity contribution < 1.29 is 23.5 Å².